The Kier molecular flexibility index (Phi) is 3.76. The Morgan fingerprint density at radius 1 is 1.19 bits per heavy atom. The van der Waals surface area contributed by atoms with Crippen molar-refractivity contribution in [1.82, 2.24) is 0 Å². The van der Waals surface area contributed by atoms with Crippen LogP contribution in [0.15, 0.2) is 36.4 Å². The summed E-state index contributed by atoms with van der Waals surface area (Å²) < 4.78 is 38.5. The van der Waals surface area contributed by atoms with Gasteiger partial charge in [0.1, 0.15) is 6.07 Å². The van der Waals surface area contributed by atoms with Crippen LogP contribution in [0, 0.1) is 18.3 Å². The van der Waals surface area contributed by atoms with Gasteiger partial charge in [-0.1, -0.05) is 12.1 Å². The van der Waals surface area contributed by atoms with E-state index in [-0.39, 0.29) is 11.4 Å². The van der Waals surface area contributed by atoms with E-state index in [1.807, 2.05) is 6.07 Å². The average molecular weight is 291 g/mol. The van der Waals surface area contributed by atoms with Crippen molar-refractivity contribution in [2.75, 3.05) is 11.1 Å². The van der Waals surface area contributed by atoms with Crippen LogP contribution in [-0.4, -0.2) is 0 Å². The molecule has 0 unspecified atom stereocenters. The number of nitrogens with two attached hydrogens (primary N) is 1. The number of nitrogen functional groups attached to an aromatic ring is 1. The fourth-order valence-corrected chi connectivity index (χ4v) is 1.96. The fourth-order valence-electron chi connectivity index (χ4n) is 1.96. The molecular formula is C15H12F3N3. The molecule has 3 N–H and O–H groups in total. The van der Waals surface area contributed by atoms with Crippen LogP contribution >= 0.6 is 0 Å². The van der Waals surface area contributed by atoms with Crippen LogP contribution in [-0.2, 0) is 6.18 Å². The number of alkyl halides is 3. The molecule has 0 fully saturated rings. The van der Waals surface area contributed by atoms with Gasteiger partial charge in [-0.25, -0.2) is 0 Å². The van der Waals surface area contributed by atoms with Gasteiger partial charge in [0.15, 0.2) is 0 Å². The van der Waals surface area contributed by atoms with E-state index in [0.717, 1.165) is 11.6 Å². The number of hydrogen-bond donors (Lipinski definition) is 2. The Bertz CT molecular complexity index is 715. The first-order valence-corrected chi connectivity index (χ1v) is 6.06. The minimum atomic E-state index is -4.52. The van der Waals surface area contributed by atoms with Crippen molar-refractivity contribution >= 4 is 17.1 Å². The standard InChI is InChI=1S/C15H12F3N3/c1-9-3-2-4-14(11(9)8-19)21-10-5-6-13(20)12(7-10)15(16,17)18/h2-7,21H,20H2,1H3. The Labute approximate surface area is 119 Å². The summed E-state index contributed by atoms with van der Waals surface area (Å²) in [7, 11) is 0. The zero-order valence-corrected chi connectivity index (χ0v) is 11.1. The molecule has 0 aliphatic carbocycles. The second kappa shape index (κ2) is 5.37. The van der Waals surface area contributed by atoms with Crippen molar-refractivity contribution in [2.45, 2.75) is 13.1 Å². The average Bonchev–Trinajstić information content (AvgIpc) is 2.40. The molecule has 6 heteroatoms. The summed E-state index contributed by atoms with van der Waals surface area (Å²) in [6.07, 6.45) is -4.52. The predicted octanol–water partition coefficient (Wildman–Crippen LogP) is 4.21. The van der Waals surface area contributed by atoms with Gasteiger partial charge in [-0.05, 0) is 36.8 Å². The third kappa shape index (κ3) is 3.08. The van der Waals surface area contributed by atoms with Crippen LogP contribution in [0.4, 0.5) is 30.2 Å². The first-order chi connectivity index (χ1) is 9.82. The van der Waals surface area contributed by atoms with Crippen molar-refractivity contribution < 1.29 is 13.2 Å². The Morgan fingerprint density at radius 2 is 1.90 bits per heavy atom. The number of hydrogen-bond acceptors (Lipinski definition) is 3. The molecule has 0 aromatic heterocycles. The Morgan fingerprint density at radius 3 is 2.52 bits per heavy atom. The molecule has 2 aromatic carbocycles. The van der Waals surface area contributed by atoms with Crippen LogP contribution in [0.2, 0.25) is 0 Å². The zero-order valence-electron chi connectivity index (χ0n) is 11.1. The molecule has 0 heterocycles. The quantitative estimate of drug-likeness (QED) is 0.815. The van der Waals surface area contributed by atoms with E-state index in [4.69, 9.17) is 11.0 Å². The number of nitriles is 1. The van der Waals surface area contributed by atoms with Gasteiger partial charge in [0.2, 0.25) is 0 Å². The number of nitrogens with one attached hydrogen (secondary N) is 1. The van der Waals surface area contributed by atoms with Gasteiger partial charge in [-0.3, -0.25) is 0 Å². The van der Waals surface area contributed by atoms with Gasteiger partial charge in [0, 0.05) is 11.4 Å². The van der Waals surface area contributed by atoms with Crippen molar-refractivity contribution in [3.63, 3.8) is 0 Å². The SMILES string of the molecule is Cc1cccc(Nc2ccc(N)c(C(F)(F)F)c2)c1C#N. The lowest BCUT2D eigenvalue weighted by Gasteiger charge is -2.14. The topological polar surface area (TPSA) is 61.8 Å². The Balaban J connectivity index is 2.42. The Hall–Kier alpha value is -2.68. The summed E-state index contributed by atoms with van der Waals surface area (Å²) in [6, 6.07) is 10.7. The molecule has 0 amide bonds. The zero-order chi connectivity index (χ0) is 15.6. The van der Waals surface area contributed by atoms with E-state index in [9.17, 15) is 13.2 Å². The molecule has 3 nitrogen and oxygen atoms in total. The van der Waals surface area contributed by atoms with Crippen molar-refractivity contribution in [1.29, 1.82) is 5.26 Å². The number of nitrogens with zero attached hydrogens (tertiary/aromatic N) is 1. The molecule has 0 aliphatic rings. The number of aryl methyl sites for hydroxylation is 1. The number of rotatable bonds is 2. The van der Waals surface area contributed by atoms with Crippen LogP contribution < -0.4 is 11.1 Å². The normalized spacial score (nSPS) is 11.0. The molecule has 0 aliphatic heterocycles. The number of halogens is 3. The van der Waals surface area contributed by atoms with Crippen LogP contribution in [0.5, 0.6) is 0 Å². The maximum Gasteiger partial charge on any atom is 0.418 e. The van der Waals surface area contributed by atoms with Gasteiger partial charge < -0.3 is 11.1 Å². The summed E-state index contributed by atoms with van der Waals surface area (Å²) in [6.45, 7) is 1.76. The highest BCUT2D eigenvalue weighted by molar-refractivity contribution is 5.70. The van der Waals surface area contributed by atoms with Crippen LogP contribution in [0.1, 0.15) is 16.7 Å². The molecular weight excluding hydrogens is 279 g/mol. The molecule has 0 radical (unpaired) electrons. The molecule has 0 saturated heterocycles. The molecule has 2 aromatic rings. The monoisotopic (exact) mass is 291 g/mol. The number of anilines is 3. The minimum Gasteiger partial charge on any atom is -0.398 e. The van der Waals surface area contributed by atoms with Crippen LogP contribution in [0.25, 0.3) is 0 Å². The van der Waals surface area contributed by atoms with Gasteiger partial charge in [-0.15, -0.1) is 0 Å². The van der Waals surface area contributed by atoms with E-state index >= 15 is 0 Å². The summed E-state index contributed by atoms with van der Waals surface area (Å²) >= 11 is 0. The maximum atomic E-state index is 12.8. The third-order valence-corrected chi connectivity index (χ3v) is 3.02. The number of benzene rings is 2. The lowest BCUT2D eigenvalue weighted by atomic mass is 10.1. The molecule has 0 atom stereocenters. The van der Waals surface area contributed by atoms with E-state index in [0.29, 0.717) is 11.3 Å². The van der Waals surface area contributed by atoms with Crippen molar-refractivity contribution in [3.8, 4) is 6.07 Å². The van der Waals surface area contributed by atoms with E-state index < -0.39 is 11.7 Å². The highest BCUT2D eigenvalue weighted by Crippen LogP contribution is 2.36. The van der Waals surface area contributed by atoms with Crippen LogP contribution in [0.3, 0.4) is 0 Å². The molecule has 2 rings (SSSR count). The predicted molar refractivity (Wildman–Crippen MR) is 75.0 cm³/mol. The molecule has 21 heavy (non-hydrogen) atoms. The molecule has 0 bridgehead atoms. The first kappa shape index (κ1) is 14.7. The lowest BCUT2D eigenvalue weighted by molar-refractivity contribution is -0.136. The van der Waals surface area contributed by atoms with E-state index in [1.165, 1.54) is 12.1 Å². The molecule has 0 saturated carbocycles. The van der Waals surface area contributed by atoms with Gasteiger partial charge in [0.25, 0.3) is 0 Å². The van der Waals surface area contributed by atoms with Gasteiger partial charge >= 0.3 is 6.18 Å². The summed E-state index contributed by atoms with van der Waals surface area (Å²) in [5.74, 6) is 0. The molecule has 108 valence electrons. The largest absolute Gasteiger partial charge is 0.418 e. The van der Waals surface area contributed by atoms with Crippen molar-refractivity contribution in [2.24, 2.45) is 0 Å². The van der Waals surface area contributed by atoms with E-state index in [2.05, 4.69) is 5.32 Å². The summed E-state index contributed by atoms with van der Waals surface area (Å²) in [4.78, 5) is 0. The van der Waals surface area contributed by atoms with Gasteiger partial charge in [-0.2, -0.15) is 18.4 Å². The van der Waals surface area contributed by atoms with E-state index in [1.54, 1.807) is 25.1 Å². The highest BCUT2D eigenvalue weighted by Gasteiger charge is 2.33. The minimum absolute atomic E-state index is 0.221. The molecule has 0 spiro atoms. The second-order valence-electron chi connectivity index (χ2n) is 4.53. The third-order valence-electron chi connectivity index (χ3n) is 3.02. The van der Waals surface area contributed by atoms with Crippen molar-refractivity contribution in [3.05, 3.63) is 53.1 Å². The fraction of sp³-hybridized carbons (Fsp3) is 0.133. The highest BCUT2D eigenvalue weighted by atomic mass is 19.4. The first-order valence-electron chi connectivity index (χ1n) is 6.06. The maximum absolute atomic E-state index is 12.8. The smallest absolute Gasteiger partial charge is 0.398 e. The lowest BCUT2D eigenvalue weighted by Crippen LogP contribution is -2.09. The summed E-state index contributed by atoms with van der Waals surface area (Å²) in [5, 5.41) is 11.9. The summed E-state index contributed by atoms with van der Waals surface area (Å²) in [5.41, 5.74) is 5.92. The second-order valence-corrected chi connectivity index (χ2v) is 4.53. The van der Waals surface area contributed by atoms with Gasteiger partial charge in [0.05, 0.1) is 16.8 Å².